The van der Waals surface area contributed by atoms with Crippen molar-refractivity contribution in [3.8, 4) is 0 Å². The summed E-state index contributed by atoms with van der Waals surface area (Å²) in [5, 5.41) is 2.63. The first-order valence-corrected chi connectivity index (χ1v) is 5.96. The number of rotatable bonds is 2. The van der Waals surface area contributed by atoms with Crippen LogP contribution < -0.4 is 11.1 Å². The molecule has 3 N–H and O–H groups in total. The molecule has 1 aliphatic rings. The highest BCUT2D eigenvalue weighted by molar-refractivity contribution is 6.03. The molecule has 2 rings (SSSR count). The van der Waals surface area contributed by atoms with Crippen LogP contribution in [0.2, 0.25) is 0 Å². The van der Waals surface area contributed by atoms with Gasteiger partial charge in [-0.15, -0.1) is 0 Å². The lowest BCUT2D eigenvalue weighted by molar-refractivity contribution is -0.147. The second kappa shape index (κ2) is 5.09. The number of carbonyl (C=O) groups excluding carboxylic acids is 3. The minimum absolute atomic E-state index is 0.219. The Morgan fingerprint density at radius 2 is 1.95 bits per heavy atom. The molecule has 19 heavy (non-hydrogen) atoms. The molecule has 0 saturated carbocycles. The molecule has 1 unspecified atom stereocenters. The topological polar surface area (TPSA) is 92.5 Å². The molecule has 1 aromatic carbocycles. The average Bonchev–Trinajstić information content (AvgIpc) is 2.40. The molecular formula is C13H15N3O3. The number of imide groups is 1. The third-order valence-electron chi connectivity index (χ3n) is 3.13. The molecule has 1 saturated heterocycles. The van der Waals surface area contributed by atoms with E-state index in [2.05, 4.69) is 5.32 Å². The van der Waals surface area contributed by atoms with Crippen LogP contribution in [0, 0.1) is 0 Å². The van der Waals surface area contributed by atoms with E-state index >= 15 is 0 Å². The number of benzene rings is 1. The van der Waals surface area contributed by atoms with Crippen molar-refractivity contribution >= 4 is 23.4 Å². The van der Waals surface area contributed by atoms with Gasteiger partial charge in [0, 0.05) is 24.7 Å². The van der Waals surface area contributed by atoms with Crippen molar-refractivity contribution in [2.75, 3.05) is 12.8 Å². The second-order valence-corrected chi connectivity index (χ2v) is 4.48. The van der Waals surface area contributed by atoms with E-state index in [0.717, 1.165) is 4.90 Å². The number of piperidine rings is 1. The van der Waals surface area contributed by atoms with Crippen LogP contribution in [-0.4, -0.2) is 35.7 Å². The summed E-state index contributed by atoms with van der Waals surface area (Å²) < 4.78 is 0. The van der Waals surface area contributed by atoms with Crippen LogP contribution in [0.1, 0.15) is 23.2 Å². The fraction of sp³-hybridized carbons (Fsp3) is 0.308. The summed E-state index contributed by atoms with van der Waals surface area (Å²) in [7, 11) is 1.42. The van der Waals surface area contributed by atoms with Gasteiger partial charge in [-0.05, 0) is 30.7 Å². The van der Waals surface area contributed by atoms with E-state index in [-0.39, 0.29) is 24.1 Å². The first kappa shape index (κ1) is 13.1. The number of nitrogens with one attached hydrogen (secondary N) is 1. The Morgan fingerprint density at radius 1 is 1.32 bits per heavy atom. The number of hydrogen-bond acceptors (Lipinski definition) is 4. The van der Waals surface area contributed by atoms with E-state index in [0.29, 0.717) is 17.7 Å². The SMILES string of the molecule is CN1C(=O)CCC(NC(=O)c2ccc(N)cc2)C1=O. The zero-order valence-corrected chi connectivity index (χ0v) is 10.6. The predicted octanol–water partition coefficient (Wildman–Crippen LogP) is 0.146. The maximum Gasteiger partial charge on any atom is 0.251 e. The standard InChI is InChI=1S/C13H15N3O3/c1-16-11(17)7-6-10(13(16)19)15-12(18)8-2-4-9(14)5-3-8/h2-5,10H,6-7,14H2,1H3,(H,15,18). The van der Waals surface area contributed by atoms with E-state index in [1.54, 1.807) is 24.3 Å². The Kier molecular flexibility index (Phi) is 3.50. The summed E-state index contributed by atoms with van der Waals surface area (Å²) in [6.07, 6.45) is 0.595. The summed E-state index contributed by atoms with van der Waals surface area (Å²) in [6, 6.07) is 5.77. The summed E-state index contributed by atoms with van der Waals surface area (Å²) >= 11 is 0. The van der Waals surface area contributed by atoms with Crippen LogP contribution in [-0.2, 0) is 9.59 Å². The van der Waals surface area contributed by atoms with Crippen molar-refractivity contribution in [2.24, 2.45) is 0 Å². The molecule has 1 aliphatic heterocycles. The van der Waals surface area contributed by atoms with Crippen molar-refractivity contribution < 1.29 is 14.4 Å². The quantitative estimate of drug-likeness (QED) is 0.585. The smallest absolute Gasteiger partial charge is 0.251 e. The van der Waals surface area contributed by atoms with E-state index in [1.807, 2.05) is 0 Å². The Hall–Kier alpha value is -2.37. The summed E-state index contributed by atoms with van der Waals surface area (Å²) in [5.41, 5.74) is 6.53. The minimum Gasteiger partial charge on any atom is -0.399 e. The molecule has 3 amide bonds. The molecule has 1 heterocycles. The van der Waals surface area contributed by atoms with Crippen LogP contribution in [0.25, 0.3) is 0 Å². The molecule has 0 aromatic heterocycles. The molecule has 100 valence electrons. The van der Waals surface area contributed by atoms with Crippen LogP contribution in [0.3, 0.4) is 0 Å². The number of carbonyl (C=O) groups is 3. The highest BCUT2D eigenvalue weighted by Crippen LogP contribution is 2.12. The Bertz CT molecular complexity index is 524. The lowest BCUT2D eigenvalue weighted by Gasteiger charge is -2.28. The average molecular weight is 261 g/mol. The van der Waals surface area contributed by atoms with E-state index in [1.165, 1.54) is 7.05 Å². The first-order chi connectivity index (χ1) is 8.99. The van der Waals surface area contributed by atoms with Gasteiger partial charge in [0.2, 0.25) is 5.91 Å². The number of anilines is 1. The van der Waals surface area contributed by atoms with Gasteiger partial charge in [0.1, 0.15) is 6.04 Å². The highest BCUT2D eigenvalue weighted by Gasteiger charge is 2.32. The van der Waals surface area contributed by atoms with Crippen molar-refractivity contribution in [1.82, 2.24) is 10.2 Å². The molecule has 1 aromatic rings. The lowest BCUT2D eigenvalue weighted by atomic mass is 10.0. The second-order valence-electron chi connectivity index (χ2n) is 4.48. The minimum atomic E-state index is -0.646. The number of amides is 3. The fourth-order valence-electron chi connectivity index (χ4n) is 1.93. The van der Waals surface area contributed by atoms with Crippen LogP contribution in [0.15, 0.2) is 24.3 Å². The fourth-order valence-corrected chi connectivity index (χ4v) is 1.93. The zero-order chi connectivity index (χ0) is 14.0. The maximum atomic E-state index is 12.0. The summed E-state index contributed by atoms with van der Waals surface area (Å²) in [5.74, 6) is -0.941. The van der Waals surface area contributed by atoms with Gasteiger partial charge in [-0.2, -0.15) is 0 Å². The highest BCUT2D eigenvalue weighted by atomic mass is 16.2. The van der Waals surface area contributed by atoms with Gasteiger partial charge in [-0.1, -0.05) is 0 Å². The van der Waals surface area contributed by atoms with E-state index in [9.17, 15) is 14.4 Å². The molecule has 0 spiro atoms. The van der Waals surface area contributed by atoms with Crippen molar-refractivity contribution in [2.45, 2.75) is 18.9 Å². The predicted molar refractivity (Wildman–Crippen MR) is 69.1 cm³/mol. The molecule has 0 bridgehead atoms. The number of nitrogens with zero attached hydrogens (tertiary/aromatic N) is 1. The summed E-state index contributed by atoms with van der Waals surface area (Å²) in [6.45, 7) is 0. The van der Waals surface area contributed by atoms with Gasteiger partial charge in [0.15, 0.2) is 0 Å². The molecule has 0 aliphatic carbocycles. The lowest BCUT2D eigenvalue weighted by Crippen LogP contribution is -2.52. The van der Waals surface area contributed by atoms with Gasteiger partial charge >= 0.3 is 0 Å². The van der Waals surface area contributed by atoms with Gasteiger partial charge < -0.3 is 11.1 Å². The van der Waals surface area contributed by atoms with E-state index < -0.39 is 6.04 Å². The van der Waals surface area contributed by atoms with Gasteiger partial charge in [-0.25, -0.2) is 0 Å². The van der Waals surface area contributed by atoms with Crippen molar-refractivity contribution in [1.29, 1.82) is 0 Å². The largest absolute Gasteiger partial charge is 0.399 e. The Balaban J connectivity index is 2.05. The molecule has 1 atom stereocenters. The van der Waals surface area contributed by atoms with Crippen molar-refractivity contribution in [3.63, 3.8) is 0 Å². The van der Waals surface area contributed by atoms with Crippen LogP contribution in [0.4, 0.5) is 5.69 Å². The molecule has 0 radical (unpaired) electrons. The zero-order valence-electron chi connectivity index (χ0n) is 10.6. The normalized spacial score (nSPS) is 19.4. The third kappa shape index (κ3) is 2.73. The number of nitrogens with two attached hydrogens (primary N) is 1. The van der Waals surface area contributed by atoms with Crippen LogP contribution in [0.5, 0.6) is 0 Å². The van der Waals surface area contributed by atoms with Crippen molar-refractivity contribution in [3.05, 3.63) is 29.8 Å². The molecule has 6 nitrogen and oxygen atoms in total. The first-order valence-electron chi connectivity index (χ1n) is 5.96. The monoisotopic (exact) mass is 261 g/mol. The van der Waals surface area contributed by atoms with E-state index in [4.69, 9.17) is 5.73 Å². The molecule has 1 fully saturated rings. The Morgan fingerprint density at radius 3 is 2.58 bits per heavy atom. The maximum absolute atomic E-state index is 12.0. The number of likely N-dealkylation sites (N-methyl/N-ethyl adjacent to an activating group) is 1. The molecule has 6 heteroatoms. The number of nitrogen functional groups attached to an aromatic ring is 1. The third-order valence-corrected chi connectivity index (χ3v) is 3.13. The Labute approximate surface area is 110 Å². The van der Waals surface area contributed by atoms with Crippen LogP contribution >= 0.6 is 0 Å². The number of likely N-dealkylation sites (tertiary alicyclic amines) is 1. The molecular weight excluding hydrogens is 246 g/mol. The van der Waals surface area contributed by atoms with Gasteiger partial charge in [0.05, 0.1) is 0 Å². The summed E-state index contributed by atoms with van der Waals surface area (Å²) in [4.78, 5) is 36.2. The number of hydrogen-bond donors (Lipinski definition) is 2. The van der Waals surface area contributed by atoms with Gasteiger partial charge in [-0.3, -0.25) is 19.3 Å². The van der Waals surface area contributed by atoms with Gasteiger partial charge in [0.25, 0.3) is 11.8 Å².